The topological polar surface area (TPSA) is 111 Å². The van der Waals surface area contributed by atoms with Crippen LogP contribution < -0.4 is 10.1 Å². The number of nitrogens with one attached hydrogen (secondary N) is 1. The predicted octanol–water partition coefficient (Wildman–Crippen LogP) is 5.78. The van der Waals surface area contributed by atoms with E-state index in [1.165, 1.54) is 24.3 Å². The Hall–Kier alpha value is -4.40. The zero-order valence-electron chi connectivity index (χ0n) is 18.4. The van der Waals surface area contributed by atoms with Gasteiger partial charge in [0.25, 0.3) is 5.69 Å². The molecule has 9 heteroatoms. The Morgan fingerprint density at radius 2 is 1.97 bits per heavy atom. The molecular formula is C25H22N4O5. The van der Waals surface area contributed by atoms with Gasteiger partial charge in [-0.15, -0.1) is 0 Å². The van der Waals surface area contributed by atoms with E-state index >= 15 is 0 Å². The lowest BCUT2D eigenvalue weighted by molar-refractivity contribution is -0.384. The molecule has 5 rings (SSSR count). The molecule has 0 saturated carbocycles. The normalized spacial score (nSPS) is 15.4. The number of aromatic nitrogens is 1. The summed E-state index contributed by atoms with van der Waals surface area (Å²) in [5.41, 5.74) is 3.74. The van der Waals surface area contributed by atoms with Crippen molar-refractivity contribution in [3.8, 4) is 16.9 Å². The first-order valence-corrected chi connectivity index (χ1v) is 10.9. The number of carbonyl (C=O) groups excluding carboxylic acids is 1. The first-order chi connectivity index (χ1) is 16.5. The van der Waals surface area contributed by atoms with Crippen molar-refractivity contribution >= 4 is 28.5 Å². The number of nitro groups is 1. The molecule has 2 amide bonds. The minimum Gasteiger partial charge on any atom is -0.496 e. The van der Waals surface area contributed by atoms with E-state index in [1.54, 1.807) is 12.0 Å². The van der Waals surface area contributed by atoms with E-state index in [9.17, 15) is 14.9 Å². The van der Waals surface area contributed by atoms with E-state index in [1.807, 2.05) is 42.5 Å². The molecule has 2 heterocycles. The fraction of sp³-hybridized carbons (Fsp3) is 0.200. The average molecular weight is 458 g/mol. The summed E-state index contributed by atoms with van der Waals surface area (Å²) >= 11 is 0. The van der Waals surface area contributed by atoms with Gasteiger partial charge in [0.1, 0.15) is 17.3 Å². The van der Waals surface area contributed by atoms with Crippen molar-refractivity contribution in [2.75, 3.05) is 19.0 Å². The lowest BCUT2D eigenvalue weighted by Gasteiger charge is -2.22. The first-order valence-electron chi connectivity index (χ1n) is 10.9. The van der Waals surface area contributed by atoms with Crippen molar-refractivity contribution in [1.29, 1.82) is 0 Å². The highest BCUT2D eigenvalue weighted by molar-refractivity contribution is 5.90. The number of benzene rings is 3. The molecule has 172 valence electrons. The fourth-order valence-corrected chi connectivity index (χ4v) is 4.27. The number of fused-ring (bicyclic) bond motifs is 1. The molecule has 0 bridgehead atoms. The molecule has 4 aromatic rings. The number of para-hydroxylation sites is 1. The zero-order chi connectivity index (χ0) is 23.7. The van der Waals surface area contributed by atoms with Gasteiger partial charge in [0.15, 0.2) is 5.58 Å². The summed E-state index contributed by atoms with van der Waals surface area (Å²) in [5, 5.41) is 13.6. The number of anilines is 1. The molecule has 1 aliphatic heterocycles. The van der Waals surface area contributed by atoms with E-state index in [2.05, 4.69) is 5.32 Å². The monoisotopic (exact) mass is 458 g/mol. The summed E-state index contributed by atoms with van der Waals surface area (Å²) in [5.74, 6) is 1.26. The Kier molecular flexibility index (Phi) is 5.59. The van der Waals surface area contributed by atoms with Crippen molar-refractivity contribution in [2.45, 2.75) is 18.9 Å². The number of ether oxygens (including phenoxy) is 1. The summed E-state index contributed by atoms with van der Waals surface area (Å²) in [6, 6.07) is 18.7. The zero-order valence-corrected chi connectivity index (χ0v) is 18.4. The number of urea groups is 1. The summed E-state index contributed by atoms with van der Waals surface area (Å²) in [7, 11) is 1.64. The highest BCUT2D eigenvalue weighted by Gasteiger charge is 2.33. The van der Waals surface area contributed by atoms with Gasteiger partial charge >= 0.3 is 6.03 Å². The van der Waals surface area contributed by atoms with Gasteiger partial charge in [-0.2, -0.15) is 0 Å². The minimum atomic E-state index is -0.478. The predicted molar refractivity (Wildman–Crippen MR) is 127 cm³/mol. The number of likely N-dealkylation sites (tertiary alicyclic amines) is 1. The van der Waals surface area contributed by atoms with Crippen molar-refractivity contribution in [3.05, 3.63) is 82.7 Å². The Bertz CT molecular complexity index is 1370. The summed E-state index contributed by atoms with van der Waals surface area (Å²) in [4.78, 5) is 29.7. The van der Waals surface area contributed by atoms with Crippen LogP contribution in [0.2, 0.25) is 0 Å². The summed E-state index contributed by atoms with van der Waals surface area (Å²) in [6.07, 6.45) is 1.56. The molecule has 0 unspecified atom stereocenters. The van der Waals surface area contributed by atoms with Gasteiger partial charge in [-0.1, -0.05) is 24.3 Å². The van der Waals surface area contributed by atoms with Gasteiger partial charge in [0.05, 0.1) is 12.0 Å². The maximum absolute atomic E-state index is 12.9. The number of nitrogens with zero attached hydrogens (tertiary/aromatic N) is 3. The molecule has 0 aliphatic carbocycles. The minimum absolute atomic E-state index is 0.0315. The van der Waals surface area contributed by atoms with Gasteiger partial charge < -0.3 is 19.4 Å². The third kappa shape index (κ3) is 4.03. The van der Waals surface area contributed by atoms with Crippen LogP contribution in [0, 0.1) is 10.1 Å². The summed E-state index contributed by atoms with van der Waals surface area (Å²) in [6.45, 7) is 0.564. The highest BCUT2D eigenvalue weighted by Crippen LogP contribution is 2.36. The Balaban J connectivity index is 1.38. The van der Waals surface area contributed by atoms with Crippen molar-refractivity contribution in [1.82, 2.24) is 9.88 Å². The van der Waals surface area contributed by atoms with Crippen LogP contribution in [-0.4, -0.2) is 34.5 Å². The Morgan fingerprint density at radius 1 is 1.18 bits per heavy atom. The molecule has 1 N–H and O–H groups in total. The van der Waals surface area contributed by atoms with E-state index in [4.69, 9.17) is 14.1 Å². The lowest BCUT2D eigenvalue weighted by Crippen LogP contribution is -2.34. The highest BCUT2D eigenvalue weighted by atomic mass is 16.6. The lowest BCUT2D eigenvalue weighted by atomic mass is 10.0. The van der Waals surface area contributed by atoms with E-state index < -0.39 is 4.92 Å². The van der Waals surface area contributed by atoms with Gasteiger partial charge in [-0.3, -0.25) is 10.1 Å². The number of amides is 2. The fourth-order valence-electron chi connectivity index (χ4n) is 4.27. The molecule has 3 aromatic carbocycles. The van der Waals surface area contributed by atoms with Crippen LogP contribution in [0.1, 0.15) is 24.8 Å². The quantitative estimate of drug-likeness (QED) is 0.300. The van der Waals surface area contributed by atoms with Crippen LogP contribution in [0.25, 0.3) is 22.2 Å². The molecule has 0 radical (unpaired) electrons. The number of hydrogen-bond acceptors (Lipinski definition) is 6. The Morgan fingerprint density at radius 3 is 2.74 bits per heavy atom. The van der Waals surface area contributed by atoms with Crippen molar-refractivity contribution in [2.24, 2.45) is 0 Å². The van der Waals surface area contributed by atoms with Gasteiger partial charge in [0.2, 0.25) is 5.89 Å². The average Bonchev–Trinajstić information content (AvgIpc) is 3.51. The molecule has 1 aliphatic rings. The second-order valence-electron chi connectivity index (χ2n) is 8.02. The van der Waals surface area contributed by atoms with Crippen LogP contribution in [0.15, 0.2) is 71.1 Å². The number of rotatable bonds is 5. The van der Waals surface area contributed by atoms with Crippen LogP contribution in [0.3, 0.4) is 0 Å². The first kappa shape index (κ1) is 21.4. The van der Waals surface area contributed by atoms with Gasteiger partial charge in [0, 0.05) is 29.9 Å². The smallest absolute Gasteiger partial charge is 0.322 e. The van der Waals surface area contributed by atoms with Crippen molar-refractivity contribution in [3.63, 3.8) is 0 Å². The number of hydrogen-bond donors (Lipinski definition) is 1. The summed E-state index contributed by atoms with van der Waals surface area (Å²) < 4.78 is 11.5. The molecule has 1 fully saturated rings. The maximum atomic E-state index is 12.9. The van der Waals surface area contributed by atoms with Crippen LogP contribution in [0.5, 0.6) is 5.75 Å². The third-order valence-electron chi connectivity index (χ3n) is 5.95. The molecule has 9 nitrogen and oxygen atoms in total. The molecule has 1 aromatic heterocycles. The largest absolute Gasteiger partial charge is 0.496 e. The molecule has 1 saturated heterocycles. The Labute approximate surface area is 195 Å². The van der Waals surface area contributed by atoms with Crippen LogP contribution in [-0.2, 0) is 0 Å². The second-order valence-corrected chi connectivity index (χ2v) is 8.02. The number of oxazole rings is 1. The van der Waals surface area contributed by atoms with Crippen LogP contribution >= 0.6 is 0 Å². The van der Waals surface area contributed by atoms with E-state index in [-0.39, 0.29) is 17.8 Å². The second kappa shape index (κ2) is 8.86. The SMILES string of the molecule is COc1ccccc1-c1ccc2oc([C@H]3CCCN3C(=O)Nc3ccc([N+](=O)[O-])cc3)nc2c1. The standard InChI is InChI=1S/C25H22N4O5/c1-33-22-7-3-2-5-19(22)16-8-13-23-20(15-16)27-24(34-23)21-6-4-14-28(21)25(30)26-17-9-11-18(12-10-17)29(31)32/h2-3,5,7-13,15,21H,4,6,14H2,1H3,(H,26,30)/t21-/m1/s1. The van der Waals surface area contributed by atoms with Gasteiger partial charge in [-0.05, 0) is 48.7 Å². The molecule has 0 spiro atoms. The van der Waals surface area contributed by atoms with E-state index in [0.717, 1.165) is 29.7 Å². The molecule has 1 atom stereocenters. The van der Waals surface area contributed by atoms with E-state index in [0.29, 0.717) is 29.2 Å². The molecule has 34 heavy (non-hydrogen) atoms. The third-order valence-corrected chi connectivity index (χ3v) is 5.95. The number of carbonyl (C=O) groups is 1. The van der Waals surface area contributed by atoms with Crippen LogP contribution in [0.4, 0.5) is 16.2 Å². The number of nitro benzene ring substituents is 1. The number of non-ortho nitro benzene ring substituents is 1. The maximum Gasteiger partial charge on any atom is 0.322 e. The van der Waals surface area contributed by atoms with Crippen molar-refractivity contribution < 1.29 is 18.9 Å². The number of methoxy groups -OCH3 is 1. The van der Waals surface area contributed by atoms with Gasteiger partial charge in [-0.25, -0.2) is 9.78 Å². The molecular weight excluding hydrogens is 436 g/mol.